The number of carbonyl (C=O) groups is 1. The molecule has 1 N–H and O–H groups in total. The average Bonchev–Trinajstić information content (AvgIpc) is 2.60. The van der Waals surface area contributed by atoms with Gasteiger partial charge in [0.05, 0.1) is 0 Å². The number of rotatable bonds is 3. The first kappa shape index (κ1) is 14.7. The van der Waals surface area contributed by atoms with Gasteiger partial charge in [0.2, 0.25) is 0 Å². The van der Waals surface area contributed by atoms with E-state index in [9.17, 15) is 18.3 Å². The van der Waals surface area contributed by atoms with E-state index in [1.807, 2.05) is 0 Å². The molecule has 6 nitrogen and oxygen atoms in total. The molecule has 2 aliphatic rings. The minimum atomic E-state index is -3.65. The predicted octanol–water partition coefficient (Wildman–Crippen LogP) is 1.05. The molecule has 110 valence electrons. The Balaban J connectivity index is 2.25. The molecule has 1 atom stereocenters. The van der Waals surface area contributed by atoms with Crippen molar-refractivity contribution < 1.29 is 18.3 Å². The molecular formula is C12H22N2O4S. The summed E-state index contributed by atoms with van der Waals surface area (Å²) >= 11 is 0. The zero-order valence-electron chi connectivity index (χ0n) is 11.3. The van der Waals surface area contributed by atoms with E-state index in [1.54, 1.807) is 0 Å². The largest absolute Gasteiger partial charge is 0.480 e. The SMILES string of the molecule is CC1(C(=O)O)CCCN1S(=O)(=O)N1CCCCCC1. The Morgan fingerprint density at radius 3 is 2.16 bits per heavy atom. The fraction of sp³-hybridized carbons (Fsp3) is 0.917. The Kier molecular flexibility index (Phi) is 4.17. The number of hydrogen-bond donors (Lipinski definition) is 1. The molecule has 0 aliphatic carbocycles. The van der Waals surface area contributed by atoms with Gasteiger partial charge in [-0.3, -0.25) is 4.79 Å². The van der Waals surface area contributed by atoms with Crippen LogP contribution >= 0.6 is 0 Å². The second kappa shape index (κ2) is 5.38. The topological polar surface area (TPSA) is 77.9 Å². The van der Waals surface area contributed by atoms with Crippen molar-refractivity contribution >= 4 is 16.2 Å². The van der Waals surface area contributed by atoms with Crippen LogP contribution in [0.2, 0.25) is 0 Å². The highest BCUT2D eigenvalue weighted by Crippen LogP contribution is 2.33. The molecule has 0 aromatic rings. The van der Waals surface area contributed by atoms with Crippen molar-refractivity contribution in [1.82, 2.24) is 8.61 Å². The van der Waals surface area contributed by atoms with Crippen molar-refractivity contribution in [2.75, 3.05) is 19.6 Å². The van der Waals surface area contributed by atoms with E-state index in [4.69, 9.17) is 0 Å². The van der Waals surface area contributed by atoms with Crippen LogP contribution in [-0.4, -0.2) is 53.3 Å². The lowest BCUT2D eigenvalue weighted by molar-refractivity contribution is -0.146. The fourth-order valence-electron chi connectivity index (χ4n) is 2.93. The molecule has 1 unspecified atom stereocenters. The molecule has 2 heterocycles. The Labute approximate surface area is 114 Å². The maximum Gasteiger partial charge on any atom is 0.324 e. The molecule has 2 rings (SSSR count). The van der Waals surface area contributed by atoms with Crippen molar-refractivity contribution in [3.8, 4) is 0 Å². The van der Waals surface area contributed by atoms with Crippen LogP contribution in [0, 0.1) is 0 Å². The second-order valence-corrected chi connectivity index (χ2v) is 7.43. The van der Waals surface area contributed by atoms with Crippen LogP contribution in [0.15, 0.2) is 0 Å². The number of aliphatic carboxylic acids is 1. The highest BCUT2D eigenvalue weighted by atomic mass is 32.2. The van der Waals surface area contributed by atoms with Gasteiger partial charge in [-0.15, -0.1) is 0 Å². The Hall–Kier alpha value is -0.660. The first-order valence-corrected chi connectivity index (χ1v) is 8.30. The van der Waals surface area contributed by atoms with Gasteiger partial charge in [-0.2, -0.15) is 17.0 Å². The zero-order chi connectivity index (χ0) is 14.1. The maximum absolute atomic E-state index is 12.6. The van der Waals surface area contributed by atoms with Crippen LogP contribution in [0.25, 0.3) is 0 Å². The summed E-state index contributed by atoms with van der Waals surface area (Å²) in [6.07, 6.45) is 4.80. The lowest BCUT2D eigenvalue weighted by Gasteiger charge is -2.34. The van der Waals surface area contributed by atoms with E-state index in [0.29, 0.717) is 32.5 Å². The first-order valence-electron chi connectivity index (χ1n) is 6.90. The molecule has 0 radical (unpaired) electrons. The van der Waals surface area contributed by atoms with Gasteiger partial charge in [-0.25, -0.2) is 0 Å². The summed E-state index contributed by atoms with van der Waals surface area (Å²) in [5.74, 6) is -1.05. The first-order chi connectivity index (χ1) is 8.89. The summed E-state index contributed by atoms with van der Waals surface area (Å²) < 4.78 is 28.0. The standard InChI is InChI=1S/C12H22N2O4S/c1-12(11(15)16)7-6-10-14(12)19(17,18)13-8-4-2-3-5-9-13/h2-10H2,1H3,(H,15,16). The Morgan fingerprint density at radius 2 is 1.63 bits per heavy atom. The van der Waals surface area contributed by atoms with Crippen molar-refractivity contribution in [2.24, 2.45) is 0 Å². The number of carboxylic acid groups (broad SMARTS) is 1. The van der Waals surface area contributed by atoms with Gasteiger partial charge in [0, 0.05) is 19.6 Å². The Bertz CT molecular complexity index is 443. The molecule has 0 bridgehead atoms. The predicted molar refractivity (Wildman–Crippen MR) is 70.9 cm³/mol. The van der Waals surface area contributed by atoms with Crippen molar-refractivity contribution in [3.63, 3.8) is 0 Å². The van der Waals surface area contributed by atoms with Crippen molar-refractivity contribution in [3.05, 3.63) is 0 Å². The van der Waals surface area contributed by atoms with Gasteiger partial charge in [0.1, 0.15) is 5.54 Å². The third kappa shape index (κ3) is 2.64. The summed E-state index contributed by atoms with van der Waals surface area (Å²) in [4.78, 5) is 11.4. The van der Waals surface area contributed by atoms with Gasteiger partial charge in [-0.1, -0.05) is 12.8 Å². The molecule has 0 amide bonds. The van der Waals surface area contributed by atoms with Crippen LogP contribution < -0.4 is 0 Å². The zero-order valence-corrected chi connectivity index (χ0v) is 12.2. The number of carboxylic acids is 1. The van der Waals surface area contributed by atoms with Gasteiger partial charge in [-0.05, 0) is 32.6 Å². The van der Waals surface area contributed by atoms with Gasteiger partial charge in [0.25, 0.3) is 10.2 Å². The summed E-state index contributed by atoms with van der Waals surface area (Å²) in [7, 11) is -3.65. The van der Waals surface area contributed by atoms with E-state index in [0.717, 1.165) is 25.7 Å². The lowest BCUT2D eigenvalue weighted by atomic mass is 10.0. The minimum absolute atomic E-state index is 0.307. The van der Waals surface area contributed by atoms with Crippen LogP contribution in [-0.2, 0) is 15.0 Å². The molecule has 0 saturated carbocycles. The van der Waals surface area contributed by atoms with Crippen molar-refractivity contribution in [1.29, 1.82) is 0 Å². The summed E-state index contributed by atoms with van der Waals surface area (Å²) in [6, 6.07) is 0. The molecular weight excluding hydrogens is 268 g/mol. The minimum Gasteiger partial charge on any atom is -0.480 e. The number of hydrogen-bond acceptors (Lipinski definition) is 3. The number of nitrogens with zero attached hydrogens (tertiary/aromatic N) is 2. The Morgan fingerprint density at radius 1 is 1.05 bits per heavy atom. The highest BCUT2D eigenvalue weighted by molar-refractivity contribution is 7.86. The van der Waals surface area contributed by atoms with Crippen LogP contribution in [0.4, 0.5) is 0 Å². The fourth-order valence-corrected chi connectivity index (χ4v) is 4.97. The maximum atomic E-state index is 12.6. The van der Waals surface area contributed by atoms with Gasteiger partial charge in [0.15, 0.2) is 0 Å². The summed E-state index contributed by atoms with van der Waals surface area (Å²) in [5.41, 5.74) is -1.29. The quantitative estimate of drug-likeness (QED) is 0.842. The molecule has 2 saturated heterocycles. The molecule has 2 aliphatic heterocycles. The normalized spacial score (nSPS) is 31.2. The molecule has 0 aromatic carbocycles. The van der Waals surface area contributed by atoms with E-state index in [1.165, 1.54) is 15.5 Å². The summed E-state index contributed by atoms with van der Waals surface area (Å²) in [6.45, 7) is 2.84. The van der Waals surface area contributed by atoms with Gasteiger partial charge >= 0.3 is 5.97 Å². The van der Waals surface area contributed by atoms with E-state index in [2.05, 4.69) is 0 Å². The van der Waals surface area contributed by atoms with Crippen LogP contribution in [0.3, 0.4) is 0 Å². The highest BCUT2D eigenvalue weighted by Gasteiger charge is 2.50. The third-order valence-electron chi connectivity index (χ3n) is 4.21. The van der Waals surface area contributed by atoms with Crippen LogP contribution in [0.5, 0.6) is 0 Å². The molecule has 7 heteroatoms. The molecule has 19 heavy (non-hydrogen) atoms. The smallest absolute Gasteiger partial charge is 0.324 e. The van der Waals surface area contributed by atoms with Gasteiger partial charge < -0.3 is 5.11 Å². The average molecular weight is 290 g/mol. The summed E-state index contributed by atoms with van der Waals surface area (Å²) in [5, 5.41) is 9.34. The molecule has 2 fully saturated rings. The molecule has 0 aromatic heterocycles. The van der Waals surface area contributed by atoms with Crippen molar-refractivity contribution in [2.45, 2.75) is 51.0 Å². The van der Waals surface area contributed by atoms with E-state index < -0.39 is 21.7 Å². The van der Waals surface area contributed by atoms with E-state index in [-0.39, 0.29) is 0 Å². The molecule has 0 spiro atoms. The van der Waals surface area contributed by atoms with Crippen LogP contribution in [0.1, 0.15) is 45.4 Å². The monoisotopic (exact) mass is 290 g/mol. The van der Waals surface area contributed by atoms with E-state index >= 15 is 0 Å². The third-order valence-corrected chi connectivity index (χ3v) is 6.37. The lowest BCUT2D eigenvalue weighted by Crippen LogP contribution is -2.55. The second-order valence-electron chi connectivity index (χ2n) is 5.58.